The fourth-order valence-electron chi connectivity index (χ4n) is 0.768. The van der Waals surface area contributed by atoms with E-state index in [2.05, 4.69) is 10.1 Å². The van der Waals surface area contributed by atoms with Crippen LogP contribution in [-0.2, 0) is 9.53 Å². The second kappa shape index (κ2) is 7.35. The second-order valence-electron chi connectivity index (χ2n) is 2.63. The Hall–Kier alpha value is -1.96. The number of ether oxygens (including phenoxy) is 1. The van der Waals surface area contributed by atoms with Crippen molar-refractivity contribution in [2.24, 2.45) is 0 Å². The van der Waals surface area contributed by atoms with Crippen molar-refractivity contribution in [3.8, 4) is 0 Å². The first kappa shape index (κ1) is 14.0. The average Bonchev–Trinajstić information content (AvgIpc) is 2.24. The first-order valence-electron chi connectivity index (χ1n) is 4.45. The molecule has 0 aromatic rings. The molecular weight excluding hydrogens is 218 g/mol. The van der Waals surface area contributed by atoms with Crippen molar-refractivity contribution in [1.82, 2.24) is 5.32 Å². The van der Waals surface area contributed by atoms with E-state index in [0.29, 0.717) is 0 Å². The van der Waals surface area contributed by atoms with E-state index in [1.165, 1.54) is 0 Å². The lowest BCUT2D eigenvalue weighted by molar-refractivity contribution is -0.349. The number of esters is 1. The predicted molar refractivity (Wildman–Crippen MR) is 54.5 cm³/mol. The molecule has 0 spiro atoms. The van der Waals surface area contributed by atoms with Crippen LogP contribution in [0.3, 0.4) is 0 Å². The van der Waals surface area contributed by atoms with E-state index < -0.39 is 23.3 Å². The van der Waals surface area contributed by atoms with Gasteiger partial charge in [-0.2, -0.15) is 0 Å². The number of carbonyl (C=O) groups is 1. The molecular formula is C8H13N3O5. The van der Waals surface area contributed by atoms with Gasteiger partial charge >= 0.3 is 11.8 Å². The average molecular weight is 231 g/mol. The van der Waals surface area contributed by atoms with E-state index in [-0.39, 0.29) is 18.8 Å². The number of hydrogen-bond donors (Lipinski definition) is 3. The largest absolute Gasteiger partial charge is 0.465 e. The normalized spacial score (nSPS) is 10.8. The molecule has 0 saturated heterocycles. The van der Waals surface area contributed by atoms with Crippen molar-refractivity contribution in [2.75, 3.05) is 19.8 Å². The summed E-state index contributed by atoms with van der Waals surface area (Å²) in [6, 6.07) is 0. The van der Waals surface area contributed by atoms with Gasteiger partial charge in [-0.05, 0) is 11.8 Å². The van der Waals surface area contributed by atoms with Crippen molar-refractivity contribution in [3.63, 3.8) is 0 Å². The number of nitrogens with one attached hydrogen (secondary N) is 2. The maximum absolute atomic E-state index is 10.9. The van der Waals surface area contributed by atoms with E-state index in [1.54, 1.807) is 6.92 Å². The maximum atomic E-state index is 10.9. The van der Waals surface area contributed by atoms with Gasteiger partial charge in [0.25, 0.3) is 0 Å². The molecule has 0 aliphatic heterocycles. The van der Waals surface area contributed by atoms with Crippen molar-refractivity contribution in [1.29, 1.82) is 5.41 Å². The number of hydrogen-bond acceptors (Lipinski definition) is 7. The SMILES string of the molecule is CCOC(=O)CN/C(=C\C(=N)[N+](=O)[O-])CO. The standard InChI is InChI=1S/C8H13N3O5/c1-2-16-8(13)4-10-6(5-12)3-7(9)11(14)15/h3,9-10,12H,2,4-5H2,1H3/b6-3-,9-7?. The van der Waals surface area contributed by atoms with Gasteiger partial charge in [-0.15, -0.1) is 0 Å². The summed E-state index contributed by atoms with van der Waals surface area (Å²) in [5, 5.41) is 28.3. The highest BCUT2D eigenvalue weighted by molar-refractivity contribution is 5.83. The number of carbonyl (C=O) groups excluding carboxylic acids is 1. The summed E-state index contributed by atoms with van der Waals surface area (Å²) in [4.78, 5) is 20.1. The van der Waals surface area contributed by atoms with Crippen LogP contribution >= 0.6 is 0 Å². The highest BCUT2D eigenvalue weighted by Crippen LogP contribution is 1.90. The molecule has 90 valence electrons. The number of aliphatic hydroxyl groups excluding tert-OH is 1. The van der Waals surface area contributed by atoms with Crippen LogP contribution in [0.15, 0.2) is 11.8 Å². The first-order valence-corrected chi connectivity index (χ1v) is 4.45. The molecule has 8 nitrogen and oxygen atoms in total. The van der Waals surface area contributed by atoms with Crippen molar-refractivity contribution >= 4 is 11.8 Å². The van der Waals surface area contributed by atoms with Crippen LogP contribution in [0.1, 0.15) is 6.92 Å². The molecule has 0 aromatic carbocycles. The summed E-state index contributed by atoms with van der Waals surface area (Å²) in [6.07, 6.45) is 0.833. The summed E-state index contributed by atoms with van der Waals surface area (Å²) < 4.78 is 4.59. The third kappa shape index (κ3) is 5.70. The Morgan fingerprint density at radius 1 is 1.69 bits per heavy atom. The first-order chi connectivity index (χ1) is 7.51. The molecule has 3 N–H and O–H groups in total. The molecule has 0 aliphatic rings. The molecule has 0 saturated carbocycles. The second-order valence-corrected chi connectivity index (χ2v) is 2.63. The Labute approximate surface area is 91.6 Å². The molecule has 0 fully saturated rings. The number of nitrogens with zero attached hydrogens (tertiary/aromatic N) is 1. The smallest absolute Gasteiger partial charge is 0.357 e. The monoisotopic (exact) mass is 231 g/mol. The van der Waals surface area contributed by atoms with Crippen LogP contribution in [-0.4, -0.2) is 41.6 Å². The minimum atomic E-state index is -0.915. The Kier molecular flexibility index (Phi) is 6.45. The van der Waals surface area contributed by atoms with Crippen LogP contribution < -0.4 is 5.32 Å². The fraction of sp³-hybridized carbons (Fsp3) is 0.500. The van der Waals surface area contributed by atoms with Gasteiger partial charge in [0.05, 0.1) is 19.3 Å². The van der Waals surface area contributed by atoms with E-state index >= 15 is 0 Å². The van der Waals surface area contributed by atoms with Gasteiger partial charge < -0.3 is 25.3 Å². The van der Waals surface area contributed by atoms with Crippen molar-refractivity contribution < 1.29 is 19.6 Å². The number of aliphatic hydroxyl groups is 1. The lowest BCUT2D eigenvalue weighted by Crippen LogP contribution is -2.26. The zero-order chi connectivity index (χ0) is 12.6. The van der Waals surface area contributed by atoms with Gasteiger partial charge in [0.1, 0.15) is 6.54 Å². The van der Waals surface area contributed by atoms with Gasteiger partial charge in [0, 0.05) is 5.70 Å². The van der Waals surface area contributed by atoms with E-state index in [9.17, 15) is 14.9 Å². The van der Waals surface area contributed by atoms with Gasteiger partial charge in [-0.25, -0.2) is 0 Å². The maximum Gasteiger partial charge on any atom is 0.357 e. The zero-order valence-corrected chi connectivity index (χ0v) is 8.73. The summed E-state index contributed by atoms with van der Waals surface area (Å²) in [7, 11) is 0. The highest BCUT2D eigenvalue weighted by Gasteiger charge is 2.08. The summed E-state index contributed by atoms with van der Waals surface area (Å²) in [5.41, 5.74) is 0.00903. The molecule has 0 bridgehead atoms. The van der Waals surface area contributed by atoms with Crippen molar-refractivity contribution in [2.45, 2.75) is 6.92 Å². The van der Waals surface area contributed by atoms with Crippen LogP contribution in [0, 0.1) is 15.5 Å². The summed E-state index contributed by atoms with van der Waals surface area (Å²) in [5.74, 6) is -1.42. The molecule has 0 unspecified atom stereocenters. The summed E-state index contributed by atoms with van der Waals surface area (Å²) >= 11 is 0. The number of rotatable bonds is 6. The quantitative estimate of drug-likeness (QED) is 0.182. The van der Waals surface area contributed by atoms with Gasteiger partial charge in [0.15, 0.2) is 0 Å². The van der Waals surface area contributed by atoms with Gasteiger partial charge in [-0.1, -0.05) is 5.41 Å². The molecule has 0 aromatic heterocycles. The van der Waals surface area contributed by atoms with Crippen molar-refractivity contribution in [3.05, 3.63) is 21.9 Å². The fourth-order valence-corrected chi connectivity index (χ4v) is 0.768. The molecule has 0 aliphatic carbocycles. The van der Waals surface area contributed by atoms with Crippen LogP contribution in [0.25, 0.3) is 0 Å². The topological polar surface area (TPSA) is 126 Å². The Balaban J connectivity index is 4.25. The predicted octanol–water partition coefficient (Wildman–Crippen LogP) is -0.731. The molecule has 0 radical (unpaired) electrons. The molecule has 16 heavy (non-hydrogen) atoms. The lowest BCUT2D eigenvalue weighted by atomic mass is 10.4. The van der Waals surface area contributed by atoms with Crippen LogP contribution in [0.2, 0.25) is 0 Å². The third-order valence-electron chi connectivity index (χ3n) is 1.44. The molecule has 0 heterocycles. The third-order valence-corrected chi connectivity index (χ3v) is 1.44. The highest BCUT2D eigenvalue weighted by atomic mass is 16.6. The molecule has 0 rings (SSSR count). The van der Waals surface area contributed by atoms with Gasteiger partial charge in [-0.3, -0.25) is 4.79 Å². The number of amidine groups is 1. The van der Waals surface area contributed by atoms with E-state index in [0.717, 1.165) is 6.08 Å². The Morgan fingerprint density at radius 2 is 2.31 bits per heavy atom. The van der Waals surface area contributed by atoms with Gasteiger partial charge in [0.2, 0.25) is 0 Å². The molecule has 8 heteroatoms. The minimum absolute atomic E-state index is 0.00903. The van der Waals surface area contributed by atoms with E-state index in [1.807, 2.05) is 0 Å². The Morgan fingerprint density at radius 3 is 2.75 bits per heavy atom. The van der Waals surface area contributed by atoms with E-state index in [4.69, 9.17) is 10.5 Å². The van der Waals surface area contributed by atoms with Crippen LogP contribution in [0.5, 0.6) is 0 Å². The molecule has 0 atom stereocenters. The Bertz CT molecular complexity index is 313. The van der Waals surface area contributed by atoms with Crippen LogP contribution in [0.4, 0.5) is 0 Å². The summed E-state index contributed by atoms with van der Waals surface area (Å²) in [6.45, 7) is 1.12. The minimum Gasteiger partial charge on any atom is -0.465 e. The lowest BCUT2D eigenvalue weighted by Gasteiger charge is -2.06. The zero-order valence-electron chi connectivity index (χ0n) is 8.73. The molecule has 0 amide bonds. The number of nitro groups is 1.